The number of hydrogen-bond donors (Lipinski definition) is 1. The Morgan fingerprint density at radius 3 is 2.41 bits per heavy atom. The lowest BCUT2D eigenvalue weighted by atomic mass is 10.0. The average molecular weight is 254 g/mol. The normalized spacial score (nSPS) is 12.6. The van der Waals surface area contributed by atoms with Crippen LogP contribution in [0.5, 0.6) is 0 Å². The van der Waals surface area contributed by atoms with Gasteiger partial charge in [-0.15, -0.1) is 0 Å². The third-order valence-electron chi connectivity index (χ3n) is 3.18. The van der Waals surface area contributed by atoms with Gasteiger partial charge in [-0.05, 0) is 31.0 Å². The molecule has 1 atom stereocenters. The van der Waals surface area contributed by atoms with Crippen LogP contribution in [0.1, 0.15) is 26.3 Å². The minimum atomic E-state index is -0.317. The van der Waals surface area contributed by atoms with Crippen molar-refractivity contribution in [3.8, 4) is 0 Å². The summed E-state index contributed by atoms with van der Waals surface area (Å²) >= 11 is 4.97. The van der Waals surface area contributed by atoms with Crippen molar-refractivity contribution in [1.82, 2.24) is 0 Å². The van der Waals surface area contributed by atoms with Crippen molar-refractivity contribution in [2.45, 2.75) is 26.8 Å². The molecule has 94 valence electrons. The molecule has 0 aromatic heterocycles. The third-order valence-corrected chi connectivity index (χ3v) is 3.40. The molecule has 0 spiro atoms. The Hall–Kier alpha value is -1.16. The van der Waals surface area contributed by atoms with Crippen molar-refractivity contribution < 1.29 is 4.39 Å². The molecule has 1 rings (SSSR count). The van der Waals surface area contributed by atoms with E-state index in [1.165, 1.54) is 12.1 Å². The van der Waals surface area contributed by atoms with Gasteiger partial charge in [-0.1, -0.05) is 26.1 Å². The number of anilines is 1. The van der Waals surface area contributed by atoms with Crippen molar-refractivity contribution in [2.75, 3.05) is 11.9 Å². The molecule has 1 unspecified atom stereocenters. The summed E-state index contributed by atoms with van der Waals surface area (Å²) in [6, 6.07) is 4.87. The zero-order valence-electron chi connectivity index (χ0n) is 10.7. The predicted molar refractivity (Wildman–Crippen MR) is 75.0 cm³/mol. The van der Waals surface area contributed by atoms with Crippen molar-refractivity contribution in [3.05, 3.63) is 29.6 Å². The highest BCUT2D eigenvalue weighted by Crippen LogP contribution is 2.24. The highest BCUT2D eigenvalue weighted by Gasteiger charge is 2.17. The van der Waals surface area contributed by atoms with Crippen LogP contribution >= 0.6 is 12.2 Å². The molecular weight excluding hydrogens is 235 g/mol. The topological polar surface area (TPSA) is 29.3 Å². The van der Waals surface area contributed by atoms with Crippen LogP contribution in [0.15, 0.2) is 18.2 Å². The van der Waals surface area contributed by atoms with Gasteiger partial charge < -0.3 is 10.6 Å². The Morgan fingerprint density at radius 1 is 1.35 bits per heavy atom. The lowest BCUT2D eigenvalue weighted by Crippen LogP contribution is -2.34. The van der Waals surface area contributed by atoms with Crippen LogP contribution in [0.25, 0.3) is 0 Å². The highest BCUT2D eigenvalue weighted by atomic mass is 32.1. The zero-order valence-corrected chi connectivity index (χ0v) is 11.5. The van der Waals surface area contributed by atoms with Gasteiger partial charge in [0.25, 0.3) is 0 Å². The van der Waals surface area contributed by atoms with Gasteiger partial charge in [-0.25, -0.2) is 4.39 Å². The first-order valence-electron chi connectivity index (χ1n) is 5.66. The van der Waals surface area contributed by atoms with E-state index in [4.69, 9.17) is 18.0 Å². The smallest absolute Gasteiger partial charge is 0.124 e. The molecule has 2 N–H and O–H groups in total. The summed E-state index contributed by atoms with van der Waals surface area (Å²) in [7, 11) is 1.97. The number of thiocarbonyl (C=S) groups is 1. The first kappa shape index (κ1) is 13.9. The number of rotatable bonds is 4. The van der Waals surface area contributed by atoms with Crippen LogP contribution in [0, 0.1) is 11.7 Å². The highest BCUT2D eigenvalue weighted by molar-refractivity contribution is 7.80. The van der Waals surface area contributed by atoms with Gasteiger partial charge in [0, 0.05) is 24.3 Å². The Kier molecular flexibility index (Phi) is 4.46. The van der Waals surface area contributed by atoms with Gasteiger partial charge in [0.2, 0.25) is 0 Å². The van der Waals surface area contributed by atoms with Crippen molar-refractivity contribution >= 4 is 22.9 Å². The van der Waals surface area contributed by atoms with E-state index in [-0.39, 0.29) is 10.8 Å². The molecule has 0 amide bonds. The fourth-order valence-corrected chi connectivity index (χ4v) is 1.84. The number of benzene rings is 1. The minimum Gasteiger partial charge on any atom is -0.389 e. The monoisotopic (exact) mass is 254 g/mol. The number of nitrogens with zero attached hydrogens (tertiary/aromatic N) is 1. The molecule has 0 heterocycles. The molecular formula is C13H19FN2S. The maximum atomic E-state index is 13.2. The Morgan fingerprint density at radius 2 is 1.94 bits per heavy atom. The number of halogens is 1. The van der Waals surface area contributed by atoms with Crippen molar-refractivity contribution in [2.24, 2.45) is 11.7 Å². The summed E-state index contributed by atoms with van der Waals surface area (Å²) in [5.74, 6) is 0.173. The van der Waals surface area contributed by atoms with E-state index in [0.29, 0.717) is 17.5 Å². The van der Waals surface area contributed by atoms with Crippen LogP contribution in [0.4, 0.5) is 10.1 Å². The maximum absolute atomic E-state index is 13.2. The van der Waals surface area contributed by atoms with Gasteiger partial charge in [0.15, 0.2) is 0 Å². The van der Waals surface area contributed by atoms with Crippen LogP contribution in [-0.4, -0.2) is 18.1 Å². The SMILES string of the molecule is CC(C)C(C)N(C)c1ccc(F)cc1C(N)=S. The van der Waals surface area contributed by atoms with Gasteiger partial charge in [-0.3, -0.25) is 0 Å². The summed E-state index contributed by atoms with van der Waals surface area (Å²) in [5, 5.41) is 0. The first-order chi connectivity index (χ1) is 7.84. The lowest BCUT2D eigenvalue weighted by Gasteiger charge is -2.31. The van der Waals surface area contributed by atoms with Gasteiger partial charge >= 0.3 is 0 Å². The van der Waals surface area contributed by atoms with E-state index in [1.54, 1.807) is 6.07 Å². The number of nitrogens with two attached hydrogens (primary N) is 1. The average Bonchev–Trinajstić information content (AvgIpc) is 2.26. The fourth-order valence-electron chi connectivity index (χ4n) is 1.68. The Bertz CT molecular complexity index is 418. The van der Waals surface area contributed by atoms with E-state index >= 15 is 0 Å². The molecule has 1 aromatic rings. The van der Waals surface area contributed by atoms with Gasteiger partial charge in [0.05, 0.1) is 0 Å². The van der Waals surface area contributed by atoms with Crippen LogP contribution in [0.3, 0.4) is 0 Å². The molecule has 0 saturated carbocycles. The van der Waals surface area contributed by atoms with Crippen LogP contribution in [0.2, 0.25) is 0 Å². The van der Waals surface area contributed by atoms with E-state index in [2.05, 4.69) is 25.7 Å². The Labute approximate surface area is 108 Å². The van der Waals surface area contributed by atoms with Crippen molar-refractivity contribution in [1.29, 1.82) is 0 Å². The molecule has 0 aliphatic carbocycles. The molecule has 4 heteroatoms. The van der Waals surface area contributed by atoms with E-state index in [0.717, 1.165) is 5.69 Å². The molecule has 0 saturated heterocycles. The lowest BCUT2D eigenvalue weighted by molar-refractivity contribution is 0.505. The quantitative estimate of drug-likeness (QED) is 0.838. The van der Waals surface area contributed by atoms with Crippen LogP contribution < -0.4 is 10.6 Å². The van der Waals surface area contributed by atoms with Gasteiger partial charge in [-0.2, -0.15) is 0 Å². The molecule has 0 fully saturated rings. The van der Waals surface area contributed by atoms with E-state index in [9.17, 15) is 4.39 Å². The molecule has 17 heavy (non-hydrogen) atoms. The molecule has 0 bridgehead atoms. The minimum absolute atomic E-state index is 0.224. The van der Waals surface area contributed by atoms with Gasteiger partial charge in [0.1, 0.15) is 10.8 Å². The largest absolute Gasteiger partial charge is 0.389 e. The van der Waals surface area contributed by atoms with Crippen LogP contribution in [-0.2, 0) is 0 Å². The zero-order chi connectivity index (χ0) is 13.2. The summed E-state index contributed by atoms with van der Waals surface area (Å²) in [6.45, 7) is 6.41. The summed E-state index contributed by atoms with van der Waals surface area (Å²) in [5.41, 5.74) is 7.10. The summed E-state index contributed by atoms with van der Waals surface area (Å²) in [4.78, 5) is 2.31. The second-order valence-corrected chi connectivity index (χ2v) is 5.06. The predicted octanol–water partition coefficient (Wildman–Crippen LogP) is 2.94. The second-order valence-electron chi connectivity index (χ2n) is 4.62. The fraction of sp³-hybridized carbons (Fsp3) is 0.462. The third kappa shape index (κ3) is 3.16. The first-order valence-corrected chi connectivity index (χ1v) is 6.07. The van der Waals surface area contributed by atoms with E-state index in [1.807, 2.05) is 7.05 Å². The molecule has 2 nitrogen and oxygen atoms in total. The standard InChI is InChI=1S/C13H19FN2S/c1-8(2)9(3)16(4)12-6-5-10(14)7-11(12)13(15)17/h5-9H,1-4H3,(H2,15,17). The Balaban J connectivity index is 3.17. The molecule has 0 radical (unpaired) electrons. The summed E-state index contributed by atoms with van der Waals surface area (Å²) in [6.07, 6.45) is 0. The summed E-state index contributed by atoms with van der Waals surface area (Å²) < 4.78 is 13.2. The van der Waals surface area contributed by atoms with Crippen molar-refractivity contribution in [3.63, 3.8) is 0 Å². The molecule has 0 aliphatic rings. The van der Waals surface area contributed by atoms with E-state index < -0.39 is 0 Å². The molecule has 0 aliphatic heterocycles. The maximum Gasteiger partial charge on any atom is 0.124 e. The molecule has 1 aromatic carbocycles. The number of hydrogen-bond acceptors (Lipinski definition) is 2. The second kappa shape index (κ2) is 5.45.